The standard InChI is InChI=1S/C15H24ClN3S/c16-10-13-12-20-15(17-13)5-3-6-18-8-9-19-7-2-1-4-14(19)11-18/h12,14H,1-11H2. The number of aromatic nitrogens is 1. The Kier molecular flexibility index (Phi) is 5.32. The van der Waals surface area contributed by atoms with Crippen LogP contribution in [0.4, 0.5) is 0 Å². The molecule has 2 aliphatic heterocycles. The van der Waals surface area contributed by atoms with Crippen molar-refractivity contribution in [2.45, 2.75) is 44.0 Å². The Morgan fingerprint density at radius 3 is 3.10 bits per heavy atom. The molecule has 3 rings (SSSR count). The zero-order valence-corrected chi connectivity index (χ0v) is 13.6. The van der Waals surface area contributed by atoms with Gasteiger partial charge in [-0.25, -0.2) is 4.98 Å². The molecule has 5 heteroatoms. The van der Waals surface area contributed by atoms with Gasteiger partial charge in [-0.15, -0.1) is 22.9 Å². The van der Waals surface area contributed by atoms with Gasteiger partial charge in [0, 0.05) is 37.5 Å². The summed E-state index contributed by atoms with van der Waals surface area (Å²) in [7, 11) is 0. The fourth-order valence-electron chi connectivity index (χ4n) is 3.40. The van der Waals surface area contributed by atoms with Crippen molar-refractivity contribution < 1.29 is 0 Å². The lowest BCUT2D eigenvalue weighted by atomic mass is 9.99. The molecule has 0 saturated carbocycles. The minimum atomic E-state index is 0.542. The first-order valence-electron chi connectivity index (χ1n) is 7.81. The van der Waals surface area contributed by atoms with Crippen LogP contribution in [0.2, 0.25) is 0 Å². The summed E-state index contributed by atoms with van der Waals surface area (Å²) in [4.78, 5) is 9.89. The third-order valence-corrected chi connectivity index (χ3v) is 5.75. The Bertz CT molecular complexity index is 423. The molecule has 0 aromatic carbocycles. The molecule has 0 N–H and O–H groups in total. The second-order valence-corrected chi connectivity index (χ2v) is 7.17. The molecule has 2 aliphatic rings. The number of aryl methyl sites for hydroxylation is 1. The van der Waals surface area contributed by atoms with E-state index in [2.05, 4.69) is 20.2 Å². The average molecular weight is 314 g/mol. The summed E-state index contributed by atoms with van der Waals surface area (Å²) in [6, 6.07) is 0.834. The molecule has 1 atom stereocenters. The monoisotopic (exact) mass is 313 g/mol. The van der Waals surface area contributed by atoms with Crippen molar-refractivity contribution >= 4 is 22.9 Å². The summed E-state index contributed by atoms with van der Waals surface area (Å²) in [6.07, 6.45) is 6.56. The molecule has 0 bridgehead atoms. The molecule has 0 aliphatic carbocycles. The summed E-state index contributed by atoms with van der Waals surface area (Å²) in [5, 5.41) is 3.33. The van der Waals surface area contributed by atoms with Crippen LogP contribution in [0.5, 0.6) is 0 Å². The van der Waals surface area contributed by atoms with Gasteiger partial charge in [-0.2, -0.15) is 0 Å². The topological polar surface area (TPSA) is 19.4 Å². The third-order valence-electron chi connectivity index (χ3n) is 4.52. The van der Waals surface area contributed by atoms with Crippen molar-refractivity contribution in [3.05, 3.63) is 16.1 Å². The smallest absolute Gasteiger partial charge is 0.0929 e. The molecule has 3 nitrogen and oxygen atoms in total. The highest BCUT2D eigenvalue weighted by atomic mass is 35.5. The van der Waals surface area contributed by atoms with E-state index in [0.717, 1.165) is 18.2 Å². The van der Waals surface area contributed by atoms with Crippen LogP contribution >= 0.6 is 22.9 Å². The summed E-state index contributed by atoms with van der Waals surface area (Å²) in [5.41, 5.74) is 1.03. The Morgan fingerprint density at radius 1 is 1.30 bits per heavy atom. The first kappa shape index (κ1) is 14.8. The van der Waals surface area contributed by atoms with E-state index in [0.29, 0.717) is 5.88 Å². The molecule has 1 aromatic rings. The Hall–Kier alpha value is -0.160. The molecule has 112 valence electrons. The largest absolute Gasteiger partial charge is 0.300 e. The van der Waals surface area contributed by atoms with Crippen LogP contribution in [0.15, 0.2) is 5.38 Å². The summed E-state index contributed by atoms with van der Waals surface area (Å²) < 4.78 is 0. The van der Waals surface area contributed by atoms with E-state index in [1.807, 2.05) is 0 Å². The van der Waals surface area contributed by atoms with Crippen LogP contribution in [-0.2, 0) is 12.3 Å². The second kappa shape index (κ2) is 7.21. The van der Waals surface area contributed by atoms with Gasteiger partial charge in [0.15, 0.2) is 0 Å². The fourth-order valence-corrected chi connectivity index (χ4v) is 4.47. The van der Waals surface area contributed by atoms with Gasteiger partial charge in [0.05, 0.1) is 16.6 Å². The van der Waals surface area contributed by atoms with Gasteiger partial charge >= 0.3 is 0 Å². The minimum absolute atomic E-state index is 0.542. The highest BCUT2D eigenvalue weighted by Gasteiger charge is 2.28. The number of thiazole rings is 1. The van der Waals surface area contributed by atoms with Crippen molar-refractivity contribution in [1.29, 1.82) is 0 Å². The highest BCUT2D eigenvalue weighted by molar-refractivity contribution is 7.09. The lowest BCUT2D eigenvalue weighted by Crippen LogP contribution is -2.54. The van der Waals surface area contributed by atoms with Crippen molar-refractivity contribution in [1.82, 2.24) is 14.8 Å². The van der Waals surface area contributed by atoms with Crippen LogP contribution in [0.25, 0.3) is 0 Å². The number of hydrogen-bond acceptors (Lipinski definition) is 4. The Labute approximate surface area is 130 Å². The molecule has 2 saturated heterocycles. The molecule has 3 heterocycles. The van der Waals surface area contributed by atoms with Gasteiger partial charge in [-0.1, -0.05) is 6.42 Å². The third kappa shape index (κ3) is 3.73. The van der Waals surface area contributed by atoms with Crippen molar-refractivity contribution in [2.24, 2.45) is 0 Å². The van der Waals surface area contributed by atoms with Crippen molar-refractivity contribution in [2.75, 3.05) is 32.7 Å². The van der Waals surface area contributed by atoms with Gasteiger partial charge < -0.3 is 4.90 Å². The van der Waals surface area contributed by atoms with E-state index in [1.54, 1.807) is 11.3 Å². The zero-order chi connectivity index (χ0) is 13.8. The van der Waals surface area contributed by atoms with E-state index in [9.17, 15) is 0 Å². The van der Waals surface area contributed by atoms with Crippen LogP contribution in [-0.4, -0.2) is 53.5 Å². The molecule has 1 aromatic heterocycles. The lowest BCUT2D eigenvalue weighted by molar-refractivity contribution is 0.0490. The number of rotatable bonds is 5. The average Bonchev–Trinajstić information content (AvgIpc) is 2.95. The molecule has 2 fully saturated rings. The van der Waals surface area contributed by atoms with E-state index >= 15 is 0 Å². The van der Waals surface area contributed by atoms with Crippen molar-refractivity contribution in [3.8, 4) is 0 Å². The molecule has 0 radical (unpaired) electrons. The molecule has 0 amide bonds. The number of fused-ring (bicyclic) bond motifs is 1. The summed E-state index contributed by atoms with van der Waals surface area (Å²) in [5.74, 6) is 0.542. The molecule has 20 heavy (non-hydrogen) atoms. The summed E-state index contributed by atoms with van der Waals surface area (Å²) in [6.45, 7) is 6.36. The maximum absolute atomic E-state index is 5.79. The quantitative estimate of drug-likeness (QED) is 0.779. The molecular weight excluding hydrogens is 290 g/mol. The van der Waals surface area contributed by atoms with Gasteiger partial charge in [0.2, 0.25) is 0 Å². The van der Waals surface area contributed by atoms with E-state index in [1.165, 1.54) is 63.4 Å². The molecule has 0 spiro atoms. The normalized spacial score (nSPS) is 24.8. The zero-order valence-electron chi connectivity index (χ0n) is 12.1. The second-order valence-electron chi connectivity index (χ2n) is 5.96. The SMILES string of the molecule is ClCc1csc(CCCN2CCN3CCCCC3C2)n1. The van der Waals surface area contributed by atoms with Gasteiger partial charge in [-0.05, 0) is 32.4 Å². The van der Waals surface area contributed by atoms with Gasteiger partial charge in [0.25, 0.3) is 0 Å². The van der Waals surface area contributed by atoms with E-state index < -0.39 is 0 Å². The van der Waals surface area contributed by atoms with Gasteiger partial charge in [-0.3, -0.25) is 4.90 Å². The highest BCUT2D eigenvalue weighted by Crippen LogP contribution is 2.21. The van der Waals surface area contributed by atoms with Crippen LogP contribution in [0.3, 0.4) is 0 Å². The number of piperidine rings is 1. The molecule has 1 unspecified atom stereocenters. The summed E-state index contributed by atoms with van der Waals surface area (Å²) >= 11 is 7.55. The van der Waals surface area contributed by atoms with E-state index in [-0.39, 0.29) is 0 Å². The number of piperazine rings is 1. The number of halogens is 1. The van der Waals surface area contributed by atoms with Crippen LogP contribution < -0.4 is 0 Å². The first-order valence-corrected chi connectivity index (χ1v) is 9.22. The predicted molar refractivity (Wildman–Crippen MR) is 85.6 cm³/mol. The fraction of sp³-hybridized carbons (Fsp3) is 0.800. The predicted octanol–water partition coefficient (Wildman–Crippen LogP) is 2.98. The molecular formula is C15H24ClN3S. The van der Waals surface area contributed by atoms with Gasteiger partial charge in [0.1, 0.15) is 0 Å². The number of nitrogens with zero attached hydrogens (tertiary/aromatic N) is 3. The Balaban J connectivity index is 1.40. The lowest BCUT2D eigenvalue weighted by Gasteiger charge is -2.44. The maximum Gasteiger partial charge on any atom is 0.0929 e. The Morgan fingerprint density at radius 2 is 2.25 bits per heavy atom. The maximum atomic E-state index is 5.79. The minimum Gasteiger partial charge on any atom is -0.300 e. The number of alkyl halides is 1. The first-order chi connectivity index (χ1) is 9.85. The number of hydrogen-bond donors (Lipinski definition) is 0. The van der Waals surface area contributed by atoms with Crippen LogP contribution in [0, 0.1) is 0 Å². The van der Waals surface area contributed by atoms with E-state index in [4.69, 9.17) is 11.6 Å². The van der Waals surface area contributed by atoms with Crippen molar-refractivity contribution in [3.63, 3.8) is 0 Å². The van der Waals surface area contributed by atoms with Crippen LogP contribution in [0.1, 0.15) is 36.4 Å².